The Labute approximate surface area is 191 Å². The van der Waals surface area contributed by atoms with Crippen molar-refractivity contribution in [2.45, 2.75) is 57.2 Å². The average Bonchev–Trinajstić information content (AvgIpc) is 3.48. The van der Waals surface area contributed by atoms with E-state index in [9.17, 15) is 9.59 Å². The number of carbonyl (C=O) groups excluding carboxylic acids is 2. The molecule has 7 heteroatoms. The average molecular weight is 456 g/mol. The minimum Gasteiger partial charge on any atom is -0.351 e. The van der Waals surface area contributed by atoms with Gasteiger partial charge < -0.3 is 14.8 Å². The lowest BCUT2D eigenvalue weighted by Gasteiger charge is -2.44. The molecule has 1 N–H and O–H groups in total. The summed E-state index contributed by atoms with van der Waals surface area (Å²) in [6.07, 6.45) is 5.01. The highest BCUT2D eigenvalue weighted by Crippen LogP contribution is 2.35. The lowest BCUT2D eigenvalue weighted by molar-refractivity contribution is -0.133. The van der Waals surface area contributed by atoms with Crippen molar-refractivity contribution >= 4 is 45.0 Å². The van der Waals surface area contributed by atoms with Crippen molar-refractivity contribution in [2.24, 2.45) is 0 Å². The molecule has 2 aliphatic rings. The van der Waals surface area contributed by atoms with Crippen LogP contribution in [0.5, 0.6) is 0 Å². The maximum atomic E-state index is 13.6. The molecule has 5 rings (SSSR count). The fourth-order valence-electron chi connectivity index (χ4n) is 4.91. The largest absolute Gasteiger partial charge is 0.351 e. The fraction of sp³-hybridized carbons (Fsp3) is 0.417. The van der Waals surface area contributed by atoms with E-state index in [1.165, 1.54) is 0 Å². The monoisotopic (exact) mass is 455 g/mol. The molecule has 1 aromatic carbocycles. The molecule has 3 aromatic rings. The first-order valence-corrected chi connectivity index (χ1v) is 12.2. The van der Waals surface area contributed by atoms with Crippen LogP contribution in [0, 0.1) is 0 Å². The van der Waals surface area contributed by atoms with Crippen LogP contribution in [0.2, 0.25) is 5.02 Å². The van der Waals surface area contributed by atoms with Crippen LogP contribution in [0.25, 0.3) is 10.2 Å². The summed E-state index contributed by atoms with van der Waals surface area (Å²) in [5.41, 5.74) is 0.830. The summed E-state index contributed by atoms with van der Waals surface area (Å²) in [4.78, 5) is 30.0. The number of carbonyl (C=O) groups is 2. The quantitative estimate of drug-likeness (QED) is 0.596. The Hall–Kier alpha value is -2.31. The number of hydrogen-bond donors (Lipinski definition) is 1. The van der Waals surface area contributed by atoms with Gasteiger partial charge in [-0.25, -0.2) is 0 Å². The molecule has 0 saturated heterocycles. The Morgan fingerprint density at radius 2 is 1.97 bits per heavy atom. The minimum atomic E-state index is -0.935. The van der Waals surface area contributed by atoms with Gasteiger partial charge in [-0.15, -0.1) is 11.3 Å². The topological polar surface area (TPSA) is 54.3 Å². The van der Waals surface area contributed by atoms with E-state index in [4.69, 9.17) is 11.6 Å². The van der Waals surface area contributed by atoms with E-state index in [0.717, 1.165) is 41.5 Å². The highest BCUT2D eigenvalue weighted by molar-refractivity contribution is 7.16. The van der Waals surface area contributed by atoms with Gasteiger partial charge in [-0.05, 0) is 61.4 Å². The first kappa shape index (κ1) is 20.6. The second-order valence-electron chi connectivity index (χ2n) is 8.86. The zero-order valence-electron chi connectivity index (χ0n) is 17.6. The van der Waals surface area contributed by atoms with E-state index in [1.54, 1.807) is 16.2 Å². The Balaban J connectivity index is 1.48. The standard InChI is InChI=1S/C24H26ClN3O2S/c1-24(23(30)26-19-4-2-3-5-19)15-27-20(14-17-11-13-31-22(17)27)21(29)28(24)12-10-16-6-8-18(25)9-7-16/h6-9,11,13-14,19H,2-5,10,12,15H2,1H3,(H,26,30)/t24-/m1/s1. The van der Waals surface area contributed by atoms with Crippen molar-refractivity contribution in [3.63, 3.8) is 0 Å². The highest BCUT2D eigenvalue weighted by Gasteiger charge is 2.48. The van der Waals surface area contributed by atoms with Crippen molar-refractivity contribution in [3.8, 4) is 0 Å². The van der Waals surface area contributed by atoms with Gasteiger partial charge in [0.05, 0.1) is 6.54 Å². The Bertz CT molecular complexity index is 1130. The predicted molar refractivity (Wildman–Crippen MR) is 125 cm³/mol. The number of rotatable bonds is 5. The van der Waals surface area contributed by atoms with E-state index in [0.29, 0.717) is 30.2 Å². The van der Waals surface area contributed by atoms with Gasteiger partial charge in [-0.1, -0.05) is 36.6 Å². The van der Waals surface area contributed by atoms with Crippen molar-refractivity contribution in [1.82, 2.24) is 14.8 Å². The maximum absolute atomic E-state index is 13.6. The van der Waals surface area contributed by atoms with Crippen molar-refractivity contribution in [2.75, 3.05) is 6.54 Å². The zero-order chi connectivity index (χ0) is 21.6. The number of aromatic nitrogens is 1. The van der Waals surface area contributed by atoms with Gasteiger partial charge in [-0.2, -0.15) is 0 Å². The maximum Gasteiger partial charge on any atom is 0.271 e. The van der Waals surface area contributed by atoms with Crippen LogP contribution in [0.4, 0.5) is 0 Å². The van der Waals surface area contributed by atoms with Gasteiger partial charge in [0.25, 0.3) is 5.91 Å². The number of nitrogens with one attached hydrogen (secondary N) is 1. The summed E-state index contributed by atoms with van der Waals surface area (Å²) in [5, 5.41) is 7.04. The number of benzene rings is 1. The molecular weight excluding hydrogens is 430 g/mol. The van der Waals surface area contributed by atoms with Gasteiger partial charge in [0.15, 0.2) is 0 Å². The molecule has 1 fully saturated rings. The number of fused-ring (bicyclic) bond motifs is 3. The summed E-state index contributed by atoms with van der Waals surface area (Å²) in [6.45, 7) is 2.87. The number of halogens is 1. The van der Waals surface area contributed by atoms with Gasteiger partial charge in [0, 0.05) is 23.0 Å². The number of hydrogen-bond acceptors (Lipinski definition) is 3. The lowest BCUT2D eigenvalue weighted by atomic mass is 9.93. The molecule has 0 radical (unpaired) electrons. The van der Waals surface area contributed by atoms with E-state index in [1.807, 2.05) is 53.3 Å². The van der Waals surface area contributed by atoms with Crippen molar-refractivity contribution < 1.29 is 9.59 Å². The summed E-state index contributed by atoms with van der Waals surface area (Å²) in [5.74, 6) is -0.124. The van der Waals surface area contributed by atoms with E-state index >= 15 is 0 Å². The second kappa shape index (κ2) is 7.99. The van der Waals surface area contributed by atoms with Crippen LogP contribution >= 0.6 is 22.9 Å². The minimum absolute atomic E-state index is 0.0482. The van der Waals surface area contributed by atoms with Crippen LogP contribution in [0.15, 0.2) is 41.8 Å². The molecule has 0 unspecified atom stereocenters. The molecule has 1 aliphatic carbocycles. The molecule has 2 amide bonds. The van der Waals surface area contributed by atoms with E-state index in [2.05, 4.69) is 5.32 Å². The number of amides is 2. The molecule has 5 nitrogen and oxygen atoms in total. The normalized spacial score (nSPS) is 21.6. The molecule has 162 valence electrons. The van der Waals surface area contributed by atoms with Crippen molar-refractivity contribution in [1.29, 1.82) is 0 Å². The predicted octanol–water partition coefficient (Wildman–Crippen LogP) is 4.87. The summed E-state index contributed by atoms with van der Waals surface area (Å²) in [7, 11) is 0. The molecule has 3 heterocycles. The summed E-state index contributed by atoms with van der Waals surface area (Å²) < 4.78 is 2.04. The molecule has 2 aromatic heterocycles. The molecule has 31 heavy (non-hydrogen) atoms. The van der Waals surface area contributed by atoms with Gasteiger partial charge >= 0.3 is 0 Å². The van der Waals surface area contributed by atoms with Gasteiger partial charge in [0.1, 0.15) is 16.1 Å². The summed E-state index contributed by atoms with van der Waals surface area (Å²) in [6, 6.07) is 11.9. The number of thiophene rings is 1. The van der Waals surface area contributed by atoms with Crippen LogP contribution in [-0.2, 0) is 17.8 Å². The fourth-order valence-corrected chi connectivity index (χ4v) is 5.93. The van der Waals surface area contributed by atoms with Gasteiger partial charge in [-0.3, -0.25) is 9.59 Å². The van der Waals surface area contributed by atoms with Crippen LogP contribution in [-0.4, -0.2) is 39.4 Å². The molecule has 0 spiro atoms. The van der Waals surface area contributed by atoms with Crippen molar-refractivity contribution in [3.05, 3.63) is 58.1 Å². The van der Waals surface area contributed by atoms with Crippen LogP contribution in [0.1, 0.15) is 48.7 Å². The molecular formula is C24H26ClN3O2S. The Morgan fingerprint density at radius 3 is 2.71 bits per heavy atom. The first-order chi connectivity index (χ1) is 15.0. The lowest BCUT2D eigenvalue weighted by Crippen LogP contribution is -2.65. The van der Waals surface area contributed by atoms with Crippen LogP contribution in [0.3, 0.4) is 0 Å². The highest BCUT2D eigenvalue weighted by atomic mass is 35.5. The van der Waals surface area contributed by atoms with Gasteiger partial charge in [0.2, 0.25) is 5.91 Å². The van der Waals surface area contributed by atoms with Crippen LogP contribution < -0.4 is 5.32 Å². The van der Waals surface area contributed by atoms with E-state index in [-0.39, 0.29) is 17.9 Å². The summed E-state index contributed by atoms with van der Waals surface area (Å²) >= 11 is 7.63. The molecule has 1 atom stereocenters. The molecule has 1 aliphatic heterocycles. The zero-order valence-corrected chi connectivity index (χ0v) is 19.1. The Morgan fingerprint density at radius 1 is 1.23 bits per heavy atom. The molecule has 1 saturated carbocycles. The molecule has 0 bridgehead atoms. The number of nitrogens with zero attached hydrogens (tertiary/aromatic N) is 2. The smallest absolute Gasteiger partial charge is 0.271 e. The third-order valence-electron chi connectivity index (χ3n) is 6.75. The Kier molecular flexibility index (Phi) is 5.30. The second-order valence-corrected chi connectivity index (χ2v) is 10.2. The first-order valence-electron chi connectivity index (χ1n) is 10.9. The van der Waals surface area contributed by atoms with E-state index < -0.39 is 5.54 Å². The third kappa shape index (κ3) is 3.66. The third-order valence-corrected chi connectivity index (χ3v) is 7.95. The SMILES string of the molecule is C[C@]1(C(=O)NC2CCCC2)Cn2c(cc3ccsc32)C(=O)N1CCc1ccc(Cl)cc1.